The Morgan fingerprint density at radius 1 is 0.125 bits per heavy atom. The van der Waals surface area contributed by atoms with Gasteiger partial charge >= 0.3 is 0 Å². The Hall–Kier alpha value is -18.4. The molecule has 10 nitrogen and oxygen atoms in total. The summed E-state index contributed by atoms with van der Waals surface area (Å²) in [6.45, 7) is 0. The van der Waals surface area contributed by atoms with Gasteiger partial charge in [-0.1, -0.05) is 431 Å². The predicted molar refractivity (Wildman–Crippen MR) is 562 cm³/mol. The Morgan fingerprint density at radius 2 is 0.338 bits per heavy atom. The lowest BCUT2D eigenvalue weighted by molar-refractivity contribution is 0.953. The van der Waals surface area contributed by atoms with E-state index in [1.807, 2.05) is 72.8 Å². The van der Waals surface area contributed by atoms with Crippen LogP contribution in [-0.2, 0) is 0 Å². The lowest BCUT2D eigenvalue weighted by Crippen LogP contribution is -2.07. The first-order valence-electron chi connectivity index (χ1n) is 46.0. The number of rotatable bonds is 16. The van der Waals surface area contributed by atoms with Crippen LogP contribution in [0.3, 0.4) is 0 Å². The first-order chi connectivity index (χ1) is 67.4. The maximum Gasteiger partial charge on any atom is 0.238 e. The second-order valence-electron chi connectivity index (χ2n) is 34.4. The Bertz CT molecular complexity index is 8920. The van der Waals surface area contributed by atoms with E-state index in [-0.39, 0.29) is 0 Å². The third-order valence-corrected chi connectivity index (χ3v) is 26.3. The zero-order chi connectivity index (χ0) is 89.9. The number of fused-ring (bicyclic) bond motifs is 14. The van der Waals surface area contributed by atoms with E-state index < -0.39 is 0 Å². The molecular weight excluding hydrogens is 1650 g/mol. The standard InChI is InChI=1S/2C63H41N5/c1-5-18-42(19-6-1)44-32-34-45(35-33-44)50-39-51(49-27-17-26-48(38-49)43-20-7-2-8-21-43)41-52(40-50)67-57-30-15-13-28-53(57)55-36-37-56-54-29-14-16-31-58(54)68(60(56)59(55)67)63-65-61(46-22-9-3-10-23-46)64-62(66-63)47-24-11-4-12-25-47;1-5-19-42(20-6-1)43-33-35-44(36-34-43)48-39-49(52-28-14-13-27-51(52)45-21-7-2-8-22-45)41-50(40-48)67-57-31-17-15-29-53(57)55-37-38-56-54-30-16-18-32-58(54)68(60(56)59(55)67)63-65-61(46-23-9-3-10-24-46)64-62(66-63)47-25-11-4-12-26-47/h2*1-41H. The first kappa shape index (κ1) is 79.8. The molecule has 0 saturated heterocycles. The minimum Gasteiger partial charge on any atom is -0.307 e. The third-order valence-electron chi connectivity index (χ3n) is 26.3. The highest BCUT2D eigenvalue weighted by molar-refractivity contribution is 6.25. The lowest BCUT2D eigenvalue weighted by atomic mass is 9.91. The zero-order valence-electron chi connectivity index (χ0n) is 73.8. The van der Waals surface area contributed by atoms with Crippen molar-refractivity contribution >= 4 is 87.2 Å². The Kier molecular flexibility index (Phi) is 20.0. The van der Waals surface area contributed by atoms with Crippen molar-refractivity contribution in [2.24, 2.45) is 0 Å². The summed E-state index contributed by atoms with van der Waals surface area (Å²) in [7, 11) is 0. The van der Waals surface area contributed by atoms with E-state index in [2.05, 4.69) is 443 Å². The van der Waals surface area contributed by atoms with Crippen molar-refractivity contribution in [3.05, 3.63) is 497 Å². The van der Waals surface area contributed by atoms with E-state index in [9.17, 15) is 0 Å². The number of aromatic nitrogens is 10. The topological polar surface area (TPSA) is 97.1 Å². The van der Waals surface area contributed by atoms with Crippen LogP contribution in [0.15, 0.2) is 497 Å². The predicted octanol–water partition coefficient (Wildman–Crippen LogP) is 32.1. The highest BCUT2D eigenvalue weighted by Crippen LogP contribution is 2.48. The highest BCUT2D eigenvalue weighted by Gasteiger charge is 2.28. The second kappa shape index (κ2) is 34.2. The fourth-order valence-corrected chi connectivity index (χ4v) is 20.0. The van der Waals surface area contributed by atoms with Gasteiger partial charge in [0, 0.05) is 76.7 Å². The fourth-order valence-electron chi connectivity index (χ4n) is 20.0. The molecule has 26 rings (SSSR count). The van der Waals surface area contributed by atoms with Gasteiger partial charge in [0.05, 0.1) is 44.1 Å². The Labute approximate surface area is 785 Å². The van der Waals surface area contributed by atoms with Crippen molar-refractivity contribution in [2.45, 2.75) is 0 Å². The van der Waals surface area contributed by atoms with Gasteiger partial charge in [-0.05, 0) is 156 Å². The molecule has 26 aromatic rings. The second-order valence-corrected chi connectivity index (χ2v) is 34.4. The van der Waals surface area contributed by atoms with Gasteiger partial charge in [0.2, 0.25) is 11.9 Å². The van der Waals surface area contributed by atoms with E-state index in [4.69, 9.17) is 29.9 Å². The summed E-state index contributed by atoms with van der Waals surface area (Å²) in [6.07, 6.45) is 0. The van der Waals surface area contributed by atoms with Crippen molar-refractivity contribution in [2.75, 3.05) is 0 Å². The van der Waals surface area contributed by atoms with Gasteiger partial charge < -0.3 is 9.13 Å². The molecule has 0 N–H and O–H groups in total. The lowest BCUT2D eigenvalue weighted by Gasteiger charge is -2.17. The van der Waals surface area contributed by atoms with Gasteiger partial charge in [-0.3, -0.25) is 9.13 Å². The van der Waals surface area contributed by atoms with E-state index in [0.29, 0.717) is 35.2 Å². The quantitative estimate of drug-likeness (QED) is 0.0956. The molecule has 0 aliphatic carbocycles. The smallest absolute Gasteiger partial charge is 0.238 e. The SMILES string of the molecule is c1ccc(-c2ccc(-c3cc(-c4cccc(-c5ccccc5)c4)cc(-n4c5ccccc5c5ccc6c7ccccc7n(-c7nc(-c8ccccc8)nc(-c8ccccc8)n7)c6c54)c3)cc2)cc1.c1ccc(-c2ccc(-c3cc(-c4ccccc4-c4ccccc4)cc(-n4c5ccccc5c5ccc6c7ccccc7n(-c7nc(-c8ccccc8)nc(-c8ccccc8)n7)c6c54)c3)cc2)cc1. The summed E-state index contributed by atoms with van der Waals surface area (Å²) in [5, 5.41) is 9.08. The van der Waals surface area contributed by atoms with Gasteiger partial charge in [0.15, 0.2) is 23.3 Å². The van der Waals surface area contributed by atoms with Gasteiger partial charge in [-0.15, -0.1) is 0 Å². The van der Waals surface area contributed by atoms with Gasteiger partial charge in [0.1, 0.15) is 0 Å². The van der Waals surface area contributed by atoms with E-state index in [1.165, 1.54) is 44.5 Å². The molecule has 136 heavy (non-hydrogen) atoms. The van der Waals surface area contributed by atoms with E-state index in [1.54, 1.807) is 0 Å². The number of nitrogens with zero attached hydrogens (tertiary/aromatic N) is 10. The molecule has 6 aromatic heterocycles. The molecule has 10 heteroatoms. The maximum absolute atomic E-state index is 5.34. The monoisotopic (exact) mass is 1730 g/mol. The van der Waals surface area contributed by atoms with Crippen molar-refractivity contribution in [3.8, 4) is 158 Å². The van der Waals surface area contributed by atoms with Crippen molar-refractivity contribution in [3.63, 3.8) is 0 Å². The molecule has 20 aromatic carbocycles. The molecular formula is C126H82N10. The van der Waals surface area contributed by atoms with Gasteiger partial charge in [-0.25, -0.2) is 9.97 Å². The van der Waals surface area contributed by atoms with Crippen LogP contribution in [-0.4, -0.2) is 48.2 Å². The van der Waals surface area contributed by atoms with Crippen LogP contribution in [0, 0.1) is 0 Å². The molecule has 0 aliphatic rings. The molecule has 6 heterocycles. The number of benzene rings is 20. The minimum atomic E-state index is 0.554. The Balaban J connectivity index is 0.000000145. The van der Waals surface area contributed by atoms with Crippen LogP contribution in [0.25, 0.3) is 245 Å². The maximum atomic E-state index is 5.34. The van der Waals surface area contributed by atoms with Crippen molar-refractivity contribution in [1.82, 2.24) is 48.2 Å². The van der Waals surface area contributed by atoms with Crippen molar-refractivity contribution in [1.29, 1.82) is 0 Å². The molecule has 0 bridgehead atoms. The van der Waals surface area contributed by atoms with Crippen LogP contribution in [0.1, 0.15) is 0 Å². The van der Waals surface area contributed by atoms with Crippen molar-refractivity contribution < 1.29 is 0 Å². The third kappa shape index (κ3) is 14.4. The fraction of sp³-hybridized carbons (Fsp3) is 0. The number of hydrogen-bond acceptors (Lipinski definition) is 6. The van der Waals surface area contributed by atoms with Crippen LogP contribution in [0.4, 0.5) is 0 Å². The van der Waals surface area contributed by atoms with Crippen LogP contribution >= 0.6 is 0 Å². The minimum absolute atomic E-state index is 0.554. The normalized spacial score (nSPS) is 11.5. The summed E-state index contributed by atoms with van der Waals surface area (Å²) >= 11 is 0. The molecule has 0 atom stereocenters. The largest absolute Gasteiger partial charge is 0.307 e. The summed E-state index contributed by atoms with van der Waals surface area (Å²) in [6, 6.07) is 177. The van der Waals surface area contributed by atoms with Crippen LogP contribution < -0.4 is 0 Å². The van der Waals surface area contributed by atoms with Crippen LogP contribution in [0.2, 0.25) is 0 Å². The molecule has 0 saturated carbocycles. The van der Waals surface area contributed by atoms with E-state index >= 15 is 0 Å². The summed E-state index contributed by atoms with van der Waals surface area (Å²) in [4.78, 5) is 31.5. The van der Waals surface area contributed by atoms with E-state index in [0.717, 1.165) is 165 Å². The molecule has 0 aliphatic heterocycles. The van der Waals surface area contributed by atoms with Gasteiger partial charge in [-0.2, -0.15) is 19.9 Å². The molecule has 0 spiro atoms. The Morgan fingerprint density at radius 3 is 0.676 bits per heavy atom. The number of para-hydroxylation sites is 4. The molecule has 636 valence electrons. The molecule has 0 unspecified atom stereocenters. The van der Waals surface area contributed by atoms with Gasteiger partial charge in [0.25, 0.3) is 0 Å². The zero-order valence-corrected chi connectivity index (χ0v) is 73.8. The summed E-state index contributed by atoms with van der Waals surface area (Å²) in [5.74, 6) is 3.56. The highest BCUT2D eigenvalue weighted by atomic mass is 15.2. The molecule has 0 radical (unpaired) electrons. The van der Waals surface area contributed by atoms with Crippen LogP contribution in [0.5, 0.6) is 0 Å². The number of hydrogen-bond donors (Lipinski definition) is 0. The first-order valence-corrected chi connectivity index (χ1v) is 46.0. The average Bonchev–Trinajstić information content (AvgIpc) is 1.54. The average molecular weight is 1740 g/mol. The molecule has 0 fully saturated rings. The summed E-state index contributed by atoms with van der Waals surface area (Å²) in [5.41, 5.74) is 32.8. The molecule has 0 amide bonds. The summed E-state index contributed by atoms with van der Waals surface area (Å²) < 4.78 is 9.46.